The number of benzene rings is 2. The molecule has 0 aliphatic carbocycles. The molecule has 0 aliphatic heterocycles. The van der Waals surface area contributed by atoms with Gasteiger partial charge in [-0.05, 0) is 36.2 Å². The van der Waals surface area contributed by atoms with E-state index in [-0.39, 0.29) is 0 Å². The maximum atomic E-state index is 11.9. The summed E-state index contributed by atoms with van der Waals surface area (Å²) in [5.74, 6) is -0.717. The molecule has 0 radical (unpaired) electrons. The lowest BCUT2D eigenvalue weighted by Gasteiger charge is -2.18. The molecule has 0 saturated heterocycles. The molecule has 0 spiro atoms. The number of carbonyl (C=O) groups is 1. The highest BCUT2D eigenvalue weighted by molar-refractivity contribution is 7.22. The first kappa shape index (κ1) is 16.7. The Morgan fingerprint density at radius 2 is 2.04 bits per heavy atom. The van der Waals surface area contributed by atoms with Gasteiger partial charge < -0.3 is 15.6 Å². The zero-order valence-corrected chi connectivity index (χ0v) is 14.6. The number of aromatic nitrogens is 1. The van der Waals surface area contributed by atoms with Crippen molar-refractivity contribution in [2.24, 2.45) is 0 Å². The third kappa shape index (κ3) is 2.84. The van der Waals surface area contributed by atoms with E-state index >= 15 is 0 Å². The lowest BCUT2D eigenvalue weighted by molar-refractivity contribution is -0.150. The highest BCUT2D eigenvalue weighted by atomic mass is 35.5. The van der Waals surface area contributed by atoms with Crippen LogP contribution < -0.4 is 5.73 Å². The number of hydrogen-bond acceptors (Lipinski definition) is 6. The molecule has 3 aromatic rings. The fraction of sp³-hybridized carbons (Fsp3) is 0.176. The lowest BCUT2D eigenvalue weighted by Crippen LogP contribution is -2.15. The number of methoxy groups -OCH3 is 1. The topological polar surface area (TPSA) is 85.4 Å². The molecule has 0 amide bonds. The van der Waals surface area contributed by atoms with Crippen LogP contribution in [0.15, 0.2) is 30.3 Å². The molecule has 1 atom stereocenters. The Kier molecular flexibility index (Phi) is 4.45. The third-order valence-electron chi connectivity index (χ3n) is 3.78. The van der Waals surface area contributed by atoms with Crippen molar-refractivity contribution in [1.29, 1.82) is 0 Å². The van der Waals surface area contributed by atoms with Crippen LogP contribution in [0.2, 0.25) is 5.02 Å². The van der Waals surface area contributed by atoms with Gasteiger partial charge in [0.25, 0.3) is 0 Å². The number of anilines is 1. The lowest BCUT2D eigenvalue weighted by atomic mass is 9.92. The van der Waals surface area contributed by atoms with E-state index in [0.29, 0.717) is 21.3 Å². The van der Waals surface area contributed by atoms with Crippen LogP contribution in [0.4, 0.5) is 5.13 Å². The Balaban J connectivity index is 2.37. The quantitative estimate of drug-likeness (QED) is 0.693. The van der Waals surface area contributed by atoms with Gasteiger partial charge in [0.15, 0.2) is 11.2 Å². The molecule has 0 aliphatic rings. The second-order valence-electron chi connectivity index (χ2n) is 5.32. The molecule has 3 N–H and O–H groups in total. The van der Waals surface area contributed by atoms with Crippen LogP contribution in [-0.4, -0.2) is 23.2 Å². The summed E-state index contributed by atoms with van der Waals surface area (Å²) in [5.41, 5.74) is 9.33. The molecule has 7 heteroatoms. The van der Waals surface area contributed by atoms with Crippen LogP contribution in [0, 0.1) is 6.92 Å². The minimum atomic E-state index is -1.39. The number of carbonyl (C=O) groups excluding carboxylic acids is 1. The van der Waals surface area contributed by atoms with E-state index in [9.17, 15) is 9.90 Å². The minimum Gasteiger partial charge on any atom is -0.467 e. The Morgan fingerprint density at radius 3 is 2.67 bits per heavy atom. The predicted octanol–water partition coefficient (Wildman–Crippen LogP) is 3.71. The number of nitrogen functional groups attached to an aromatic ring is 1. The van der Waals surface area contributed by atoms with E-state index in [1.807, 2.05) is 25.1 Å². The smallest absolute Gasteiger partial charge is 0.339 e. The summed E-state index contributed by atoms with van der Waals surface area (Å²) in [7, 11) is 1.24. The number of esters is 1. The average molecular weight is 363 g/mol. The summed E-state index contributed by atoms with van der Waals surface area (Å²) in [6.07, 6.45) is -1.39. The molecule has 0 bridgehead atoms. The van der Waals surface area contributed by atoms with Crippen molar-refractivity contribution in [3.8, 4) is 11.1 Å². The summed E-state index contributed by atoms with van der Waals surface area (Å²) in [5, 5.41) is 11.5. The van der Waals surface area contributed by atoms with Crippen molar-refractivity contribution >= 4 is 44.3 Å². The summed E-state index contributed by atoms with van der Waals surface area (Å²) < 4.78 is 5.51. The van der Waals surface area contributed by atoms with Gasteiger partial charge in [0, 0.05) is 16.1 Å². The second kappa shape index (κ2) is 6.39. The highest BCUT2D eigenvalue weighted by Crippen LogP contribution is 2.41. The largest absolute Gasteiger partial charge is 0.467 e. The Bertz CT molecular complexity index is 922. The first-order valence-corrected chi connectivity index (χ1v) is 8.33. The first-order valence-electron chi connectivity index (χ1n) is 7.13. The van der Waals surface area contributed by atoms with Gasteiger partial charge in [-0.2, -0.15) is 0 Å². The number of fused-ring (bicyclic) bond motifs is 1. The third-order valence-corrected chi connectivity index (χ3v) is 4.94. The normalized spacial score (nSPS) is 12.3. The van der Waals surface area contributed by atoms with Crippen molar-refractivity contribution in [1.82, 2.24) is 4.98 Å². The van der Waals surface area contributed by atoms with Crippen molar-refractivity contribution in [2.45, 2.75) is 13.0 Å². The second-order valence-corrected chi connectivity index (χ2v) is 6.78. The Morgan fingerprint density at radius 1 is 1.38 bits per heavy atom. The SMILES string of the molecule is COC(=O)C(O)c1c(C)cc2nc(N)sc2c1-c1ccc(Cl)cc1. The van der Waals surface area contributed by atoms with Crippen molar-refractivity contribution in [2.75, 3.05) is 12.8 Å². The summed E-state index contributed by atoms with van der Waals surface area (Å²) in [6.45, 7) is 1.82. The van der Waals surface area contributed by atoms with E-state index in [1.54, 1.807) is 12.1 Å². The molecular weight excluding hydrogens is 348 g/mol. The van der Waals surface area contributed by atoms with E-state index in [2.05, 4.69) is 4.98 Å². The number of ether oxygens (including phenoxy) is 1. The van der Waals surface area contributed by atoms with E-state index < -0.39 is 12.1 Å². The molecule has 1 unspecified atom stereocenters. The van der Waals surface area contributed by atoms with Gasteiger partial charge in [-0.1, -0.05) is 35.1 Å². The molecular formula is C17H15ClN2O3S. The molecule has 3 rings (SSSR count). The molecule has 1 heterocycles. The van der Waals surface area contributed by atoms with Crippen LogP contribution in [-0.2, 0) is 9.53 Å². The van der Waals surface area contributed by atoms with Crippen molar-refractivity contribution < 1.29 is 14.6 Å². The standard InChI is InChI=1S/C17H15ClN2O3S/c1-8-7-11-15(24-17(19)20-11)13(9-3-5-10(18)6-4-9)12(8)14(21)16(22)23-2/h3-7,14,21H,1-2H3,(H2,19,20). The van der Waals surface area contributed by atoms with Crippen molar-refractivity contribution in [3.63, 3.8) is 0 Å². The monoisotopic (exact) mass is 362 g/mol. The number of aliphatic hydroxyl groups is 1. The number of hydrogen-bond donors (Lipinski definition) is 2. The summed E-state index contributed by atoms with van der Waals surface area (Å²) in [4.78, 5) is 16.2. The molecule has 124 valence electrons. The molecule has 0 saturated carbocycles. The fourth-order valence-corrected chi connectivity index (χ4v) is 3.73. The van der Waals surface area contributed by atoms with Gasteiger partial charge >= 0.3 is 5.97 Å². The van der Waals surface area contributed by atoms with E-state index in [1.165, 1.54) is 18.4 Å². The van der Waals surface area contributed by atoms with Crippen LogP contribution in [0.3, 0.4) is 0 Å². The van der Waals surface area contributed by atoms with Crippen LogP contribution >= 0.6 is 22.9 Å². The number of nitrogens with two attached hydrogens (primary N) is 1. The van der Waals surface area contributed by atoms with Crippen LogP contribution in [0.25, 0.3) is 21.3 Å². The zero-order valence-electron chi connectivity index (χ0n) is 13.0. The zero-order chi connectivity index (χ0) is 17.4. The van der Waals surface area contributed by atoms with Gasteiger partial charge in [0.1, 0.15) is 0 Å². The number of halogens is 1. The van der Waals surface area contributed by atoms with Gasteiger partial charge in [-0.3, -0.25) is 0 Å². The molecule has 24 heavy (non-hydrogen) atoms. The molecule has 1 aromatic heterocycles. The maximum absolute atomic E-state index is 11.9. The predicted molar refractivity (Wildman–Crippen MR) is 96.2 cm³/mol. The Hall–Kier alpha value is -2.15. The summed E-state index contributed by atoms with van der Waals surface area (Å²) >= 11 is 7.28. The molecule has 0 fully saturated rings. The van der Waals surface area contributed by atoms with Gasteiger partial charge in [0.05, 0.1) is 17.3 Å². The highest BCUT2D eigenvalue weighted by Gasteiger charge is 2.26. The molecule has 5 nitrogen and oxygen atoms in total. The Labute approximate surface area is 147 Å². The first-order chi connectivity index (χ1) is 11.4. The van der Waals surface area contributed by atoms with Crippen LogP contribution in [0.1, 0.15) is 17.2 Å². The number of thiazole rings is 1. The van der Waals surface area contributed by atoms with Crippen molar-refractivity contribution in [3.05, 3.63) is 46.5 Å². The van der Waals surface area contributed by atoms with Gasteiger partial charge in [-0.15, -0.1) is 0 Å². The maximum Gasteiger partial charge on any atom is 0.339 e. The van der Waals surface area contributed by atoms with E-state index in [4.69, 9.17) is 22.1 Å². The number of aryl methyl sites for hydroxylation is 1. The van der Waals surface area contributed by atoms with Gasteiger partial charge in [0.2, 0.25) is 0 Å². The molecule has 2 aromatic carbocycles. The summed E-state index contributed by atoms with van der Waals surface area (Å²) in [6, 6.07) is 8.98. The van der Waals surface area contributed by atoms with Crippen LogP contribution in [0.5, 0.6) is 0 Å². The number of rotatable bonds is 3. The number of aliphatic hydroxyl groups excluding tert-OH is 1. The fourth-order valence-electron chi connectivity index (χ4n) is 2.71. The number of nitrogens with zero attached hydrogens (tertiary/aromatic N) is 1. The van der Waals surface area contributed by atoms with Gasteiger partial charge in [-0.25, -0.2) is 9.78 Å². The van der Waals surface area contributed by atoms with E-state index in [0.717, 1.165) is 21.3 Å². The minimum absolute atomic E-state index is 0.421. The average Bonchev–Trinajstić information content (AvgIpc) is 2.92.